The van der Waals surface area contributed by atoms with E-state index >= 15 is 0 Å². The second kappa shape index (κ2) is 16.7. The topological polar surface area (TPSA) is 0 Å². The first-order valence-corrected chi connectivity index (χ1v) is 16.0. The van der Waals surface area contributed by atoms with Crippen molar-refractivity contribution >= 4 is 9.28 Å². The summed E-state index contributed by atoms with van der Waals surface area (Å²) in [5.41, 5.74) is 12.7. The predicted molar refractivity (Wildman–Crippen MR) is 174 cm³/mol. The number of rotatable bonds is 3. The van der Waals surface area contributed by atoms with Gasteiger partial charge in [0.2, 0.25) is 0 Å². The van der Waals surface area contributed by atoms with Crippen LogP contribution in [0.25, 0.3) is 16.7 Å². The average molecular weight is 685 g/mol. The molecule has 0 saturated heterocycles. The molecule has 4 aromatic rings. The van der Waals surface area contributed by atoms with Crippen LogP contribution >= 0.6 is 0 Å². The van der Waals surface area contributed by atoms with Gasteiger partial charge < -0.3 is 24.8 Å². The fourth-order valence-corrected chi connectivity index (χ4v) is 5.57. The maximum atomic E-state index is 3.67. The number of hydrogen-bond donors (Lipinski definition) is 0. The molecule has 0 N–H and O–H groups in total. The quantitative estimate of drug-likeness (QED) is 0.252. The minimum atomic E-state index is 0. The van der Waals surface area contributed by atoms with Crippen LogP contribution in [-0.4, -0.2) is 3.71 Å². The van der Waals surface area contributed by atoms with E-state index in [1.165, 1.54) is 74.3 Å². The first-order valence-electron chi connectivity index (χ1n) is 14.6. The van der Waals surface area contributed by atoms with E-state index in [9.17, 15) is 0 Å². The number of halogens is 2. The Morgan fingerprint density at radius 2 is 1.37 bits per heavy atom. The molecular formula is C40H42Cl2Zr-2. The van der Waals surface area contributed by atoms with Crippen molar-refractivity contribution in [1.82, 2.24) is 0 Å². The summed E-state index contributed by atoms with van der Waals surface area (Å²) in [4.78, 5) is 0. The van der Waals surface area contributed by atoms with Crippen LogP contribution in [0, 0.1) is 12.1 Å². The molecule has 0 unspecified atom stereocenters. The molecule has 43 heavy (non-hydrogen) atoms. The van der Waals surface area contributed by atoms with Crippen molar-refractivity contribution in [2.24, 2.45) is 0 Å². The minimum absolute atomic E-state index is 0. The van der Waals surface area contributed by atoms with Gasteiger partial charge in [-0.15, -0.1) is 23.1 Å². The molecule has 2 aliphatic carbocycles. The fraction of sp³-hybridized carbons (Fsp3) is 0.275. The average Bonchev–Trinajstić information content (AvgIpc) is 3.62. The number of allylic oxidation sites excluding steroid dienone is 4. The van der Waals surface area contributed by atoms with Crippen LogP contribution in [0.3, 0.4) is 0 Å². The van der Waals surface area contributed by atoms with Crippen molar-refractivity contribution in [2.75, 3.05) is 0 Å². The van der Waals surface area contributed by atoms with Crippen LogP contribution in [-0.2, 0) is 47.9 Å². The Hall–Kier alpha value is -2.31. The van der Waals surface area contributed by atoms with Gasteiger partial charge >= 0.3 is 70.3 Å². The number of benzene rings is 4. The van der Waals surface area contributed by atoms with E-state index in [2.05, 4.69) is 148 Å². The van der Waals surface area contributed by atoms with Crippen LogP contribution in [0.4, 0.5) is 0 Å². The predicted octanol–water partition coefficient (Wildman–Crippen LogP) is 4.07. The Balaban J connectivity index is 0.000000247. The molecule has 0 radical (unpaired) electrons. The van der Waals surface area contributed by atoms with E-state index in [1.54, 1.807) is 0 Å². The summed E-state index contributed by atoms with van der Waals surface area (Å²) >= 11 is 1.51. The summed E-state index contributed by atoms with van der Waals surface area (Å²) < 4.78 is 2.25. The van der Waals surface area contributed by atoms with Crippen LogP contribution in [0.2, 0.25) is 0 Å². The number of fused-ring (bicyclic) bond motifs is 3. The van der Waals surface area contributed by atoms with Gasteiger partial charge in [0.15, 0.2) is 0 Å². The zero-order chi connectivity index (χ0) is 29.5. The van der Waals surface area contributed by atoms with Crippen molar-refractivity contribution in [2.45, 2.75) is 71.6 Å². The van der Waals surface area contributed by atoms with Crippen molar-refractivity contribution < 1.29 is 49.0 Å². The second-order valence-corrected chi connectivity index (χ2v) is 13.8. The zero-order valence-electron chi connectivity index (χ0n) is 26.3. The van der Waals surface area contributed by atoms with Crippen LogP contribution in [0.15, 0.2) is 103 Å². The van der Waals surface area contributed by atoms with Gasteiger partial charge in [-0.2, -0.15) is 35.4 Å². The van der Waals surface area contributed by atoms with Crippen LogP contribution < -0.4 is 24.8 Å². The third-order valence-electron chi connectivity index (χ3n) is 7.45. The normalized spacial score (nSPS) is 12.6. The summed E-state index contributed by atoms with van der Waals surface area (Å²) in [6.45, 7) is 13.6. The van der Waals surface area contributed by atoms with Gasteiger partial charge in [-0.05, 0) is 28.4 Å². The molecule has 0 spiro atoms. The van der Waals surface area contributed by atoms with Crippen LogP contribution in [0.1, 0.15) is 81.3 Å². The van der Waals surface area contributed by atoms with E-state index in [1.807, 2.05) is 12.1 Å². The van der Waals surface area contributed by atoms with Crippen molar-refractivity contribution in [3.05, 3.63) is 149 Å². The molecule has 0 amide bonds. The maximum absolute atomic E-state index is 3.67. The second-order valence-electron chi connectivity index (χ2n) is 12.8. The Morgan fingerprint density at radius 3 is 1.93 bits per heavy atom. The van der Waals surface area contributed by atoms with E-state index < -0.39 is 0 Å². The molecule has 0 aromatic heterocycles. The standard InChI is InChI=1S/C21H25.C11H9.C8H8.2ClH.Zr/c1-20(2,3)16-7-9-18-14(12-16)11-15-13-17(21(4,5)6)8-10-19(15)18;1-2-6-10(7-3-1)11-8-4-5-9-11;1-2-8-6-4-3-5-7-8;;;/h7-10,12H,11H2,1-6H3;1-3,6-9H,4H2;1,3-7H,2H2;2*1H;/q2*-1;;;;+2/p-2. The van der Waals surface area contributed by atoms with E-state index in [0.717, 1.165) is 19.3 Å². The molecule has 4 aromatic carbocycles. The molecule has 3 heteroatoms. The van der Waals surface area contributed by atoms with Gasteiger partial charge in [0.1, 0.15) is 0 Å². The molecule has 0 heterocycles. The summed E-state index contributed by atoms with van der Waals surface area (Å²) in [6, 6.07) is 36.1. The molecule has 0 bridgehead atoms. The molecule has 0 atom stereocenters. The van der Waals surface area contributed by atoms with Gasteiger partial charge in [0.25, 0.3) is 0 Å². The first-order chi connectivity index (χ1) is 19.6. The number of hydrogen-bond acceptors (Lipinski definition) is 0. The molecular weight excluding hydrogens is 643 g/mol. The Bertz CT molecular complexity index is 1460. The summed E-state index contributed by atoms with van der Waals surface area (Å²) in [5, 5.41) is 0. The van der Waals surface area contributed by atoms with Crippen LogP contribution in [0.5, 0.6) is 0 Å². The van der Waals surface area contributed by atoms with Crippen molar-refractivity contribution in [1.29, 1.82) is 0 Å². The van der Waals surface area contributed by atoms with Crippen molar-refractivity contribution in [3.63, 3.8) is 0 Å². The van der Waals surface area contributed by atoms with Crippen molar-refractivity contribution in [3.8, 4) is 11.1 Å². The van der Waals surface area contributed by atoms with E-state index in [-0.39, 0.29) is 35.6 Å². The SMILES string of the molecule is CC(C)(C)c1[c-]c2c(cc1)-c1ccc(C(C)(C)C)cc1C2.[C-]1=CC(c2ccccc2)=CC1.[Cl-].[Cl-].[Zr+2]=[CH]Cc1ccccc1. The van der Waals surface area contributed by atoms with Gasteiger partial charge in [-0.1, -0.05) is 95.6 Å². The van der Waals surface area contributed by atoms with Gasteiger partial charge in [0.05, 0.1) is 0 Å². The Labute approximate surface area is 287 Å². The third kappa shape index (κ3) is 10.4. The van der Waals surface area contributed by atoms with E-state index in [0.29, 0.717) is 0 Å². The Kier molecular flexibility index (Phi) is 14.3. The van der Waals surface area contributed by atoms with Gasteiger partial charge in [0, 0.05) is 0 Å². The molecule has 0 aliphatic heterocycles. The van der Waals surface area contributed by atoms with Gasteiger partial charge in [-0.25, -0.2) is 6.08 Å². The molecule has 6 rings (SSSR count). The molecule has 0 nitrogen and oxygen atoms in total. The molecule has 2 aliphatic rings. The summed E-state index contributed by atoms with van der Waals surface area (Å²) in [6.07, 6.45) is 10.5. The monoisotopic (exact) mass is 682 g/mol. The summed E-state index contributed by atoms with van der Waals surface area (Å²) in [7, 11) is 0. The summed E-state index contributed by atoms with van der Waals surface area (Å²) in [5.74, 6) is 0. The Morgan fingerprint density at radius 1 is 0.744 bits per heavy atom. The molecule has 0 saturated carbocycles. The first kappa shape index (κ1) is 36.9. The fourth-order valence-electron chi connectivity index (χ4n) is 4.99. The third-order valence-corrected chi connectivity index (χ3v) is 7.95. The molecule has 222 valence electrons. The molecule has 0 fully saturated rings. The van der Waals surface area contributed by atoms with Gasteiger partial charge in [-0.3, -0.25) is 6.08 Å². The zero-order valence-corrected chi connectivity index (χ0v) is 30.2. The van der Waals surface area contributed by atoms with E-state index in [4.69, 9.17) is 0 Å².